The van der Waals surface area contributed by atoms with Gasteiger partial charge in [-0.05, 0) is 0 Å². The summed E-state index contributed by atoms with van der Waals surface area (Å²) in [4.78, 5) is 0. The van der Waals surface area contributed by atoms with Crippen LogP contribution in [0.2, 0.25) is 0 Å². The second-order valence-electron chi connectivity index (χ2n) is 0. The minimum Gasteiger partial charge on any atom is -0.147 e. The molecule has 0 aromatic heterocycles. The fourth-order valence-electron chi connectivity index (χ4n) is 0. The van der Waals surface area contributed by atoms with Gasteiger partial charge in [-0.15, -0.1) is 49.6 Å². The molecule has 0 aliphatic rings. The van der Waals surface area contributed by atoms with E-state index in [1.807, 2.05) is 0 Å². The topological polar surface area (TPSA) is 0 Å². The predicted octanol–water partition coefficient (Wildman–Crippen LogP) is 1.30. The van der Waals surface area contributed by atoms with E-state index in [0.29, 0.717) is 0 Å². The third-order valence-corrected chi connectivity index (χ3v) is 0. The van der Waals surface area contributed by atoms with Crippen molar-refractivity contribution in [2.45, 2.75) is 0 Å². The second-order valence-corrected chi connectivity index (χ2v) is 0. The van der Waals surface area contributed by atoms with Crippen LogP contribution in [0.15, 0.2) is 0 Å². The van der Waals surface area contributed by atoms with Crippen LogP contribution in [0.25, 0.3) is 0 Å². The Hall–Kier alpha value is 1.94. The summed E-state index contributed by atoms with van der Waals surface area (Å²) in [5.74, 6) is 0. The van der Waals surface area contributed by atoms with Gasteiger partial charge in [0.15, 0.2) is 0 Å². The van der Waals surface area contributed by atoms with Crippen molar-refractivity contribution in [1.29, 1.82) is 0 Å². The molecule has 0 nitrogen and oxygen atoms in total. The van der Waals surface area contributed by atoms with Crippen molar-refractivity contribution in [3.63, 3.8) is 0 Å². The van der Waals surface area contributed by atoms with Crippen LogP contribution in [0.5, 0.6) is 0 Å². The van der Waals surface area contributed by atoms with Crippen molar-refractivity contribution < 1.29 is 21.7 Å². The molecule has 6 heteroatoms. The second kappa shape index (κ2) is 65.1. The molecular formula is H4BCl4Ti. The summed E-state index contributed by atoms with van der Waals surface area (Å²) in [6.45, 7) is 0. The molecule has 0 aliphatic heterocycles. The van der Waals surface area contributed by atoms with E-state index in [0.717, 1.165) is 0 Å². The van der Waals surface area contributed by atoms with E-state index < -0.39 is 0 Å². The van der Waals surface area contributed by atoms with Gasteiger partial charge < -0.3 is 0 Å². The number of hydrogen-bond acceptors (Lipinski definition) is 0. The molecule has 0 N–H and O–H groups in total. The van der Waals surface area contributed by atoms with Crippen LogP contribution in [0, 0.1) is 0 Å². The largest absolute Gasteiger partial charge is 0.147 e. The van der Waals surface area contributed by atoms with Crippen LogP contribution in [0.1, 0.15) is 0 Å². The van der Waals surface area contributed by atoms with E-state index >= 15 is 0 Å². The Kier molecular flexibility index (Phi) is 1100. The molecule has 39 valence electrons. The quantitative estimate of drug-likeness (QED) is 0.522. The Balaban J connectivity index is 0. The zero-order chi connectivity index (χ0) is 0. The minimum atomic E-state index is 0. The van der Waals surface area contributed by atoms with Gasteiger partial charge in [-0.25, -0.2) is 0 Å². The van der Waals surface area contributed by atoms with Gasteiger partial charge >= 0.3 is 0 Å². The minimum absolute atomic E-state index is 0. The molecule has 0 aromatic carbocycles. The Morgan fingerprint density at radius 2 is 0.500 bits per heavy atom. The molecular weight excluding hydrogens is 200 g/mol. The summed E-state index contributed by atoms with van der Waals surface area (Å²) >= 11 is 0. The molecule has 3 radical (unpaired) electrons. The van der Waals surface area contributed by atoms with Gasteiger partial charge in [0.1, 0.15) is 0 Å². The summed E-state index contributed by atoms with van der Waals surface area (Å²) in [6.07, 6.45) is 0. The Morgan fingerprint density at radius 3 is 0.500 bits per heavy atom. The Morgan fingerprint density at radius 1 is 0.500 bits per heavy atom. The summed E-state index contributed by atoms with van der Waals surface area (Å²) in [5, 5.41) is 0. The first-order valence-electron chi connectivity index (χ1n) is 0. The molecule has 0 rings (SSSR count). The molecule has 0 saturated carbocycles. The van der Waals surface area contributed by atoms with Crippen molar-refractivity contribution >= 4 is 58.0 Å². The standard InChI is InChI=1S/B.4ClH.Ti/h;4*1H;. The predicted molar refractivity (Wildman–Crippen MR) is 34.7 cm³/mol. The van der Waals surface area contributed by atoms with Crippen LogP contribution in [0.4, 0.5) is 0 Å². The first-order chi connectivity index (χ1) is 0. The number of rotatable bonds is 0. The van der Waals surface area contributed by atoms with E-state index in [-0.39, 0.29) is 79.8 Å². The van der Waals surface area contributed by atoms with E-state index in [2.05, 4.69) is 0 Å². The average Bonchev–Trinajstić information content (AvgIpc) is 0. The summed E-state index contributed by atoms with van der Waals surface area (Å²) in [7, 11) is 0. The van der Waals surface area contributed by atoms with E-state index in [9.17, 15) is 0 Å². The van der Waals surface area contributed by atoms with Crippen molar-refractivity contribution in [2.24, 2.45) is 0 Å². The molecule has 0 saturated heterocycles. The molecule has 0 bridgehead atoms. The van der Waals surface area contributed by atoms with Crippen molar-refractivity contribution in [3.8, 4) is 0 Å². The molecule has 0 fully saturated rings. The maximum Gasteiger partial charge on any atom is 0 e. The van der Waals surface area contributed by atoms with E-state index in [1.54, 1.807) is 0 Å². The van der Waals surface area contributed by atoms with Gasteiger partial charge in [-0.1, -0.05) is 0 Å². The normalized spacial score (nSPS) is 0. The number of halogens is 4. The molecule has 0 spiro atoms. The van der Waals surface area contributed by atoms with Gasteiger partial charge in [0.05, 0.1) is 0 Å². The zero-order valence-corrected chi connectivity index (χ0v) is 7.54. The third-order valence-electron chi connectivity index (χ3n) is 0. The maximum absolute atomic E-state index is 0. The molecule has 0 unspecified atom stereocenters. The fourth-order valence-corrected chi connectivity index (χ4v) is 0. The van der Waals surface area contributed by atoms with Gasteiger partial charge in [0.25, 0.3) is 0 Å². The monoisotopic (exact) mass is 203 g/mol. The zero-order valence-electron chi connectivity index (χ0n) is 2.71. The van der Waals surface area contributed by atoms with Crippen molar-refractivity contribution in [2.75, 3.05) is 0 Å². The third kappa shape index (κ3) is 38.5. The summed E-state index contributed by atoms with van der Waals surface area (Å²) < 4.78 is 0. The number of hydrogen-bond donors (Lipinski definition) is 0. The molecule has 0 heterocycles. The molecule has 6 heavy (non-hydrogen) atoms. The summed E-state index contributed by atoms with van der Waals surface area (Å²) in [5.41, 5.74) is 0. The average molecular weight is 205 g/mol. The van der Waals surface area contributed by atoms with Crippen LogP contribution in [-0.2, 0) is 21.7 Å². The molecule has 0 aromatic rings. The first-order valence-corrected chi connectivity index (χ1v) is 0. The van der Waals surface area contributed by atoms with E-state index in [1.165, 1.54) is 0 Å². The van der Waals surface area contributed by atoms with Crippen LogP contribution >= 0.6 is 49.6 Å². The fraction of sp³-hybridized carbons (Fsp3) is 0. The van der Waals surface area contributed by atoms with Crippen LogP contribution in [0.3, 0.4) is 0 Å². The maximum atomic E-state index is 0. The van der Waals surface area contributed by atoms with Gasteiger partial charge in [-0.2, -0.15) is 0 Å². The smallest absolute Gasteiger partial charge is 0 e. The van der Waals surface area contributed by atoms with E-state index in [4.69, 9.17) is 0 Å². The van der Waals surface area contributed by atoms with Gasteiger partial charge in [0.2, 0.25) is 0 Å². The van der Waals surface area contributed by atoms with Crippen molar-refractivity contribution in [1.82, 2.24) is 0 Å². The summed E-state index contributed by atoms with van der Waals surface area (Å²) in [6, 6.07) is 0. The van der Waals surface area contributed by atoms with Crippen LogP contribution in [-0.4, -0.2) is 8.41 Å². The molecule has 0 atom stereocenters. The Labute approximate surface area is 79.3 Å². The van der Waals surface area contributed by atoms with Crippen LogP contribution < -0.4 is 0 Å². The van der Waals surface area contributed by atoms with Crippen molar-refractivity contribution in [3.05, 3.63) is 0 Å². The Bertz CT molecular complexity index is 7.51. The van der Waals surface area contributed by atoms with Gasteiger partial charge in [0, 0.05) is 30.1 Å². The SMILES string of the molecule is Cl.Cl.Cl.Cl.[B].[Ti]. The molecule has 0 aliphatic carbocycles. The molecule has 0 amide bonds. The first kappa shape index (κ1) is 102. The van der Waals surface area contributed by atoms with Gasteiger partial charge in [-0.3, -0.25) is 0 Å².